The largest absolute Gasteiger partial charge is 0.493 e. The van der Waals surface area contributed by atoms with Crippen molar-refractivity contribution in [3.05, 3.63) is 30.0 Å². The second-order valence-electron chi connectivity index (χ2n) is 3.54. The summed E-state index contributed by atoms with van der Waals surface area (Å²) in [4.78, 5) is 23.7. The van der Waals surface area contributed by atoms with E-state index in [1.807, 2.05) is 0 Å². The molecule has 0 unspecified atom stereocenters. The first-order valence-corrected chi connectivity index (χ1v) is 5.13. The van der Waals surface area contributed by atoms with Gasteiger partial charge >= 0.3 is 5.97 Å². The van der Waals surface area contributed by atoms with Crippen molar-refractivity contribution in [3.8, 4) is 5.75 Å². The molecule has 0 radical (unpaired) electrons. The number of aromatic nitrogens is 1. The van der Waals surface area contributed by atoms with Crippen LogP contribution in [0.4, 0.5) is 0 Å². The SMILES string of the molecule is O=CCCOc1ccc2[nH]c(C(=O)O)cc2c1. The van der Waals surface area contributed by atoms with E-state index in [4.69, 9.17) is 9.84 Å². The average Bonchev–Trinajstić information content (AvgIpc) is 2.72. The van der Waals surface area contributed by atoms with Gasteiger partial charge in [0.2, 0.25) is 0 Å². The first-order valence-electron chi connectivity index (χ1n) is 5.13. The lowest BCUT2D eigenvalue weighted by Gasteiger charge is -2.03. The van der Waals surface area contributed by atoms with Crippen LogP contribution in [0.1, 0.15) is 16.9 Å². The number of fused-ring (bicyclic) bond motifs is 1. The summed E-state index contributed by atoms with van der Waals surface area (Å²) in [5.74, 6) is -0.375. The lowest BCUT2D eigenvalue weighted by atomic mass is 10.2. The van der Waals surface area contributed by atoms with Crippen LogP contribution in [-0.2, 0) is 4.79 Å². The fraction of sp³-hybridized carbons (Fsp3) is 0.167. The van der Waals surface area contributed by atoms with Crippen LogP contribution >= 0.6 is 0 Å². The van der Waals surface area contributed by atoms with Gasteiger partial charge in [0.05, 0.1) is 6.61 Å². The summed E-state index contributed by atoms with van der Waals surface area (Å²) >= 11 is 0. The summed E-state index contributed by atoms with van der Waals surface area (Å²) in [6.07, 6.45) is 1.13. The van der Waals surface area contributed by atoms with Gasteiger partial charge in [-0.2, -0.15) is 0 Å². The zero-order valence-corrected chi connectivity index (χ0v) is 8.97. The molecular weight excluding hydrogens is 222 g/mol. The van der Waals surface area contributed by atoms with Crippen LogP contribution in [0.25, 0.3) is 10.9 Å². The normalized spacial score (nSPS) is 10.4. The molecule has 2 aromatic rings. The Labute approximate surface area is 97.0 Å². The number of H-pyrrole nitrogens is 1. The van der Waals surface area contributed by atoms with E-state index < -0.39 is 5.97 Å². The lowest BCUT2D eigenvalue weighted by molar-refractivity contribution is -0.108. The molecule has 88 valence electrons. The number of nitrogens with one attached hydrogen (secondary N) is 1. The highest BCUT2D eigenvalue weighted by atomic mass is 16.5. The van der Waals surface area contributed by atoms with E-state index in [0.717, 1.165) is 17.2 Å². The number of hydrogen-bond acceptors (Lipinski definition) is 3. The number of aromatic carboxylic acids is 1. The Bertz CT molecular complexity index is 559. The van der Waals surface area contributed by atoms with Gasteiger partial charge in [0, 0.05) is 17.3 Å². The minimum Gasteiger partial charge on any atom is -0.493 e. The minimum absolute atomic E-state index is 0.144. The van der Waals surface area contributed by atoms with E-state index in [1.165, 1.54) is 0 Å². The van der Waals surface area contributed by atoms with Crippen LogP contribution in [0.3, 0.4) is 0 Å². The summed E-state index contributed by atoms with van der Waals surface area (Å²) in [7, 11) is 0. The quantitative estimate of drug-likeness (QED) is 0.610. The average molecular weight is 233 g/mol. The number of aromatic amines is 1. The van der Waals surface area contributed by atoms with Gasteiger partial charge in [0.1, 0.15) is 17.7 Å². The summed E-state index contributed by atoms with van der Waals surface area (Å²) < 4.78 is 5.33. The van der Waals surface area contributed by atoms with Crippen LogP contribution in [-0.4, -0.2) is 29.0 Å². The number of aldehydes is 1. The molecule has 2 N–H and O–H groups in total. The third-order valence-corrected chi connectivity index (χ3v) is 2.33. The maximum absolute atomic E-state index is 10.8. The van der Waals surface area contributed by atoms with Crippen molar-refractivity contribution < 1.29 is 19.4 Å². The molecule has 2 rings (SSSR count). The topological polar surface area (TPSA) is 79.4 Å². The Morgan fingerprint density at radius 1 is 1.41 bits per heavy atom. The third-order valence-electron chi connectivity index (χ3n) is 2.33. The van der Waals surface area contributed by atoms with Crippen molar-refractivity contribution in [1.82, 2.24) is 4.98 Å². The van der Waals surface area contributed by atoms with Crippen molar-refractivity contribution >= 4 is 23.2 Å². The maximum atomic E-state index is 10.8. The fourth-order valence-corrected chi connectivity index (χ4v) is 1.54. The Balaban J connectivity index is 2.24. The number of carbonyl (C=O) groups excluding carboxylic acids is 1. The highest BCUT2D eigenvalue weighted by Crippen LogP contribution is 2.21. The van der Waals surface area contributed by atoms with E-state index in [2.05, 4.69) is 4.98 Å². The van der Waals surface area contributed by atoms with Gasteiger partial charge in [-0.15, -0.1) is 0 Å². The molecule has 0 bridgehead atoms. The van der Waals surface area contributed by atoms with Crippen molar-refractivity contribution in [3.63, 3.8) is 0 Å². The van der Waals surface area contributed by atoms with Crippen molar-refractivity contribution in [1.29, 1.82) is 0 Å². The molecule has 0 spiro atoms. The molecule has 17 heavy (non-hydrogen) atoms. The van der Waals surface area contributed by atoms with E-state index in [-0.39, 0.29) is 5.69 Å². The zero-order valence-electron chi connectivity index (χ0n) is 8.97. The number of carboxylic acids is 1. The number of carbonyl (C=O) groups is 2. The van der Waals surface area contributed by atoms with Gasteiger partial charge in [0.25, 0.3) is 0 Å². The Morgan fingerprint density at radius 3 is 2.94 bits per heavy atom. The molecule has 0 aliphatic rings. The first kappa shape index (κ1) is 11.2. The molecule has 0 aliphatic carbocycles. The molecule has 0 aliphatic heterocycles. The molecule has 5 heteroatoms. The summed E-state index contributed by atoms with van der Waals surface area (Å²) in [6, 6.07) is 6.76. The second kappa shape index (κ2) is 4.69. The van der Waals surface area contributed by atoms with E-state index >= 15 is 0 Å². The van der Waals surface area contributed by atoms with Gasteiger partial charge in [-0.1, -0.05) is 0 Å². The van der Waals surface area contributed by atoms with Gasteiger partial charge in [-0.3, -0.25) is 0 Å². The van der Waals surface area contributed by atoms with Crippen molar-refractivity contribution in [2.75, 3.05) is 6.61 Å². The third kappa shape index (κ3) is 2.44. The number of hydrogen-bond donors (Lipinski definition) is 2. The maximum Gasteiger partial charge on any atom is 0.352 e. The molecular formula is C12H11NO4. The van der Waals surface area contributed by atoms with Crippen LogP contribution in [0.5, 0.6) is 5.75 Å². The van der Waals surface area contributed by atoms with Gasteiger partial charge in [-0.25, -0.2) is 4.79 Å². The Morgan fingerprint density at radius 2 is 2.24 bits per heavy atom. The summed E-state index contributed by atoms with van der Waals surface area (Å²) in [5, 5.41) is 9.60. The number of rotatable bonds is 5. The zero-order chi connectivity index (χ0) is 12.3. The smallest absolute Gasteiger partial charge is 0.352 e. The van der Waals surface area contributed by atoms with Gasteiger partial charge in [0.15, 0.2) is 0 Å². The van der Waals surface area contributed by atoms with E-state index in [1.54, 1.807) is 24.3 Å². The van der Waals surface area contributed by atoms with Gasteiger partial charge in [-0.05, 0) is 24.3 Å². The molecule has 0 atom stereocenters. The van der Waals surface area contributed by atoms with Crippen LogP contribution in [0, 0.1) is 0 Å². The second-order valence-corrected chi connectivity index (χ2v) is 3.54. The van der Waals surface area contributed by atoms with Crippen LogP contribution in [0.2, 0.25) is 0 Å². The first-order chi connectivity index (χ1) is 8.20. The van der Waals surface area contributed by atoms with E-state index in [0.29, 0.717) is 18.8 Å². The minimum atomic E-state index is -0.996. The molecule has 0 fully saturated rings. The summed E-state index contributed by atoms with van der Waals surface area (Å²) in [6.45, 7) is 0.325. The highest BCUT2D eigenvalue weighted by molar-refractivity contribution is 5.94. The van der Waals surface area contributed by atoms with E-state index in [9.17, 15) is 9.59 Å². The molecule has 1 heterocycles. The molecule has 0 amide bonds. The number of ether oxygens (including phenoxy) is 1. The monoisotopic (exact) mass is 233 g/mol. The lowest BCUT2D eigenvalue weighted by Crippen LogP contribution is -1.97. The van der Waals surface area contributed by atoms with Crippen LogP contribution < -0.4 is 4.74 Å². The molecule has 0 saturated carbocycles. The highest BCUT2D eigenvalue weighted by Gasteiger charge is 2.07. The van der Waals surface area contributed by atoms with Gasteiger partial charge < -0.3 is 19.6 Å². The van der Waals surface area contributed by atoms with Crippen LogP contribution in [0.15, 0.2) is 24.3 Å². The Kier molecular flexibility index (Phi) is 3.09. The predicted octanol–water partition coefficient (Wildman–Crippen LogP) is 1.83. The van der Waals surface area contributed by atoms with Crippen molar-refractivity contribution in [2.45, 2.75) is 6.42 Å². The molecule has 1 aromatic carbocycles. The number of benzene rings is 1. The predicted molar refractivity (Wildman–Crippen MR) is 61.4 cm³/mol. The van der Waals surface area contributed by atoms with Crippen molar-refractivity contribution in [2.24, 2.45) is 0 Å². The fourth-order valence-electron chi connectivity index (χ4n) is 1.54. The molecule has 5 nitrogen and oxygen atoms in total. The standard InChI is InChI=1S/C12H11NO4/c14-4-1-5-17-9-2-3-10-8(6-9)7-11(13-10)12(15)16/h2-4,6-7,13H,1,5H2,(H,15,16). The summed E-state index contributed by atoms with van der Waals surface area (Å²) in [5.41, 5.74) is 0.884. The molecule has 1 aromatic heterocycles. The number of carboxylic acid groups (broad SMARTS) is 1. The molecule has 0 saturated heterocycles. The Hall–Kier alpha value is -2.30.